The Balaban J connectivity index is 0.941. The molecule has 2 atom stereocenters. The van der Waals surface area contributed by atoms with Crippen LogP contribution in [0, 0.1) is 17.8 Å². The normalized spacial score (nSPS) is 21.5. The Morgan fingerprint density at radius 1 is 0.552 bits per heavy atom. The van der Waals surface area contributed by atoms with E-state index in [1.165, 1.54) is 86.2 Å². The fraction of sp³-hybridized carbons (Fsp3) is 0.151. The molecule has 5 heteroatoms. The lowest BCUT2D eigenvalue weighted by atomic mass is 9.46. The summed E-state index contributed by atoms with van der Waals surface area (Å²) in [6.07, 6.45) is 13.0. The summed E-state index contributed by atoms with van der Waals surface area (Å²) in [6.45, 7) is 0. The molecular weight excluding hydrogens is 707 g/mol. The lowest BCUT2D eigenvalue weighted by Crippen LogP contribution is -2.52. The van der Waals surface area contributed by atoms with Crippen molar-refractivity contribution >= 4 is 54.6 Å². The highest BCUT2D eigenvalue weighted by molar-refractivity contribution is 6.13. The second kappa shape index (κ2) is 11.2. The molecule has 15 rings (SSSR count). The molecule has 4 aromatic heterocycles. The number of nitrogens with zero attached hydrogens (tertiary/aromatic N) is 5. The quantitative estimate of drug-likeness (QED) is 0.169. The first-order chi connectivity index (χ1) is 28.7. The monoisotopic (exact) mass is 743 g/mol. The maximum absolute atomic E-state index is 4.66. The Labute approximate surface area is 335 Å². The summed E-state index contributed by atoms with van der Waals surface area (Å²) >= 11 is 0. The molecule has 5 aliphatic rings. The van der Waals surface area contributed by atoms with Gasteiger partial charge in [-0.05, 0) is 131 Å². The van der Waals surface area contributed by atoms with Crippen molar-refractivity contribution in [2.75, 3.05) is 0 Å². The molecule has 58 heavy (non-hydrogen) atoms. The number of aromatic nitrogens is 5. The van der Waals surface area contributed by atoms with E-state index in [4.69, 9.17) is 0 Å². The van der Waals surface area contributed by atoms with Gasteiger partial charge in [0.05, 0.1) is 34.0 Å². The first-order valence-corrected chi connectivity index (χ1v) is 20.8. The average molecular weight is 744 g/mol. The number of rotatable bonds is 3. The van der Waals surface area contributed by atoms with Crippen LogP contribution in [0.2, 0.25) is 0 Å². The van der Waals surface area contributed by atoms with Gasteiger partial charge in [-0.3, -0.25) is 4.98 Å². The molecule has 274 valence electrons. The first kappa shape index (κ1) is 31.3. The van der Waals surface area contributed by atoms with Gasteiger partial charge in [0, 0.05) is 38.8 Å². The molecule has 10 aromatic rings. The zero-order valence-corrected chi connectivity index (χ0v) is 31.8. The van der Waals surface area contributed by atoms with Crippen molar-refractivity contribution in [3.05, 3.63) is 175 Å². The van der Waals surface area contributed by atoms with Gasteiger partial charge < -0.3 is 9.13 Å². The van der Waals surface area contributed by atoms with Gasteiger partial charge in [-0.2, -0.15) is 0 Å². The van der Waals surface area contributed by atoms with Crippen molar-refractivity contribution < 1.29 is 0 Å². The van der Waals surface area contributed by atoms with Crippen LogP contribution in [0.5, 0.6) is 0 Å². The van der Waals surface area contributed by atoms with Gasteiger partial charge in [0.25, 0.3) is 0 Å². The predicted octanol–water partition coefficient (Wildman–Crippen LogP) is 12.5. The number of hydrogen-bond donors (Lipinski definition) is 0. The van der Waals surface area contributed by atoms with E-state index < -0.39 is 0 Å². The van der Waals surface area contributed by atoms with Crippen LogP contribution in [0.25, 0.3) is 88.3 Å². The molecule has 5 aliphatic carbocycles. The van der Waals surface area contributed by atoms with E-state index in [0.717, 1.165) is 33.7 Å². The molecule has 0 saturated heterocycles. The minimum Gasteiger partial charge on any atom is -0.309 e. The van der Waals surface area contributed by atoms with Crippen LogP contribution in [0.3, 0.4) is 0 Å². The third kappa shape index (κ3) is 3.94. The largest absolute Gasteiger partial charge is 0.309 e. The predicted molar refractivity (Wildman–Crippen MR) is 235 cm³/mol. The van der Waals surface area contributed by atoms with Crippen LogP contribution in [0.15, 0.2) is 164 Å². The van der Waals surface area contributed by atoms with Gasteiger partial charge in [-0.15, -0.1) is 0 Å². The number of hydrogen-bond acceptors (Lipinski definition) is 3. The van der Waals surface area contributed by atoms with Gasteiger partial charge in [-0.1, -0.05) is 90.5 Å². The average Bonchev–Trinajstić information content (AvgIpc) is 3.88. The molecule has 2 fully saturated rings. The maximum Gasteiger partial charge on any atom is 0.116 e. The molecule has 0 radical (unpaired) electrons. The van der Waals surface area contributed by atoms with Crippen LogP contribution in [0.1, 0.15) is 36.8 Å². The topological polar surface area (TPSA) is 48.5 Å². The highest BCUT2D eigenvalue weighted by Gasteiger charge is 2.59. The fourth-order valence-corrected chi connectivity index (χ4v) is 12.6. The Hall–Kier alpha value is -6.85. The van der Waals surface area contributed by atoms with Gasteiger partial charge in [0.15, 0.2) is 0 Å². The van der Waals surface area contributed by atoms with Gasteiger partial charge >= 0.3 is 0 Å². The zero-order chi connectivity index (χ0) is 37.7. The Bertz CT molecular complexity index is 3430. The summed E-state index contributed by atoms with van der Waals surface area (Å²) in [7, 11) is 0. The molecule has 0 aliphatic heterocycles. The van der Waals surface area contributed by atoms with E-state index in [1.54, 1.807) is 29.2 Å². The number of allylic oxidation sites excluding steroid dienone is 2. The van der Waals surface area contributed by atoms with Crippen molar-refractivity contribution in [3.63, 3.8) is 0 Å². The van der Waals surface area contributed by atoms with E-state index >= 15 is 0 Å². The van der Waals surface area contributed by atoms with Crippen LogP contribution < -0.4 is 0 Å². The standard InChI is InChI=1S/C53H37N5/c1-4-10-44-38(7-1)39-16-15-37(28-45(39)53(44)35-22-31-21-32(24-35)25-36(53)23-31)57-47-11-5-2-8-40(47)42-26-33(13-17-49(42)57)34-14-18-50-43(27-34)41-9-3-6-12-48(41)58(50)51-19-20-55-46-29-54-30-56-52(46)51/h1-21,26-31,35-36H,22-25H2. The van der Waals surface area contributed by atoms with Gasteiger partial charge in [0.2, 0.25) is 0 Å². The first-order valence-electron chi connectivity index (χ1n) is 20.8. The van der Waals surface area contributed by atoms with E-state index in [0.29, 0.717) is 11.8 Å². The maximum atomic E-state index is 4.66. The summed E-state index contributed by atoms with van der Waals surface area (Å²) in [5, 5.41) is 4.98. The number of para-hydroxylation sites is 2. The van der Waals surface area contributed by atoms with Gasteiger partial charge in [0.1, 0.15) is 17.4 Å². The summed E-state index contributed by atoms with van der Waals surface area (Å²) in [6, 6.07) is 50.5. The molecule has 4 heterocycles. The van der Waals surface area contributed by atoms with Crippen molar-refractivity contribution in [3.8, 4) is 33.6 Å². The van der Waals surface area contributed by atoms with Crippen molar-refractivity contribution in [2.45, 2.75) is 31.1 Å². The molecule has 4 bridgehead atoms. The summed E-state index contributed by atoms with van der Waals surface area (Å²) < 4.78 is 4.85. The minimum absolute atomic E-state index is 0.0993. The van der Waals surface area contributed by atoms with Crippen molar-refractivity contribution in [1.82, 2.24) is 24.1 Å². The van der Waals surface area contributed by atoms with Crippen LogP contribution in [-0.4, -0.2) is 24.1 Å². The lowest BCUT2D eigenvalue weighted by Gasteiger charge is -2.58. The van der Waals surface area contributed by atoms with Crippen molar-refractivity contribution in [1.29, 1.82) is 0 Å². The second-order valence-electron chi connectivity index (χ2n) is 17.3. The number of benzene rings is 6. The van der Waals surface area contributed by atoms with Crippen LogP contribution >= 0.6 is 0 Å². The third-order valence-electron chi connectivity index (χ3n) is 14.6. The highest BCUT2D eigenvalue weighted by atomic mass is 15.0. The van der Waals surface area contributed by atoms with Crippen LogP contribution in [0.4, 0.5) is 0 Å². The Morgan fingerprint density at radius 3 is 1.97 bits per heavy atom. The van der Waals surface area contributed by atoms with Crippen LogP contribution in [-0.2, 0) is 5.41 Å². The number of fused-ring (bicyclic) bond motifs is 10. The summed E-state index contributed by atoms with van der Waals surface area (Å²) in [4.78, 5) is 13.4. The second-order valence-corrected chi connectivity index (χ2v) is 17.3. The lowest BCUT2D eigenvalue weighted by molar-refractivity contribution is 0.0734. The third-order valence-corrected chi connectivity index (χ3v) is 14.6. The van der Waals surface area contributed by atoms with E-state index in [9.17, 15) is 0 Å². The zero-order valence-electron chi connectivity index (χ0n) is 31.8. The Kier molecular flexibility index (Phi) is 6.02. The van der Waals surface area contributed by atoms with Crippen molar-refractivity contribution in [2.24, 2.45) is 17.8 Å². The number of pyridine rings is 1. The highest BCUT2D eigenvalue weighted by Crippen LogP contribution is 2.68. The van der Waals surface area contributed by atoms with E-state index in [1.807, 2.05) is 6.20 Å². The summed E-state index contributed by atoms with van der Waals surface area (Å²) in [5.74, 6) is 2.11. The molecule has 2 saturated carbocycles. The molecule has 5 nitrogen and oxygen atoms in total. The Morgan fingerprint density at radius 2 is 1.21 bits per heavy atom. The molecule has 1 spiro atoms. The molecule has 0 N–H and O–H groups in total. The SMILES string of the molecule is C1=C2CC3CC1CC(C2)C31c2ccccc2-c2ccc(-n3c4ccccc4c4cc(-c5ccc6c(c5)c5ccccc5n6-c5ccnc6cncnc56)ccc43)cc21. The molecular formula is C53H37N5. The molecule has 6 aromatic carbocycles. The fourth-order valence-electron chi connectivity index (χ4n) is 12.6. The summed E-state index contributed by atoms with van der Waals surface area (Å²) in [5.41, 5.74) is 19.0. The molecule has 2 unspecified atom stereocenters. The van der Waals surface area contributed by atoms with E-state index in [-0.39, 0.29) is 5.41 Å². The minimum atomic E-state index is 0.0993. The smallest absolute Gasteiger partial charge is 0.116 e. The van der Waals surface area contributed by atoms with Gasteiger partial charge in [-0.25, -0.2) is 9.97 Å². The van der Waals surface area contributed by atoms with E-state index in [2.05, 4.69) is 164 Å². The molecule has 0 amide bonds.